The van der Waals surface area contributed by atoms with Gasteiger partial charge in [-0.1, -0.05) is 35.5 Å². The third kappa shape index (κ3) is 6.86. The number of hydrogen-bond acceptors (Lipinski definition) is 10. The minimum absolute atomic E-state index is 0.00810. The van der Waals surface area contributed by atoms with Gasteiger partial charge in [0.15, 0.2) is 17.1 Å². The molecular formula is C25H29ClN4O6S2. The zero-order valence-corrected chi connectivity index (χ0v) is 24.1. The van der Waals surface area contributed by atoms with Gasteiger partial charge in [0.1, 0.15) is 15.6 Å². The summed E-state index contributed by atoms with van der Waals surface area (Å²) < 4.78 is 18.1. The van der Waals surface area contributed by atoms with Crippen molar-refractivity contribution in [1.82, 2.24) is 14.8 Å². The van der Waals surface area contributed by atoms with Crippen LogP contribution in [0.3, 0.4) is 0 Å². The van der Waals surface area contributed by atoms with Crippen LogP contribution in [0.15, 0.2) is 29.4 Å². The lowest BCUT2D eigenvalue weighted by Crippen LogP contribution is -2.17. The molecule has 3 rings (SSSR count). The zero-order chi connectivity index (χ0) is 27.8. The first-order valence-corrected chi connectivity index (χ1v) is 14.1. The standard InChI is InChI=1S/C25H29ClN4O6S2/c1-6-30-21(15(5)36-17-12-10-9-11-16(17)26)28-29-25(30)37-13-18(31)27-22-19(23(32)34-7-2)14(4)20(38-22)24(33)35-8-3/h9-12,15H,6-8,13H2,1-5H3,(H,27,31). The van der Waals surface area contributed by atoms with E-state index in [0.29, 0.717) is 33.9 Å². The Bertz CT molecular complexity index is 1310. The SMILES string of the molecule is CCOC(=O)c1sc(NC(=O)CSc2nnc(C(C)Oc3ccccc3Cl)n2CC)c(C(=O)OCC)c1C. The molecule has 1 amide bonds. The first kappa shape index (κ1) is 29.5. The molecule has 2 aromatic heterocycles. The Morgan fingerprint density at radius 2 is 1.79 bits per heavy atom. The summed E-state index contributed by atoms with van der Waals surface area (Å²) in [5.74, 6) is -0.453. The molecule has 1 aromatic carbocycles. The van der Waals surface area contributed by atoms with Crippen molar-refractivity contribution in [2.24, 2.45) is 0 Å². The number of thiophene rings is 1. The van der Waals surface area contributed by atoms with Crippen LogP contribution in [0.25, 0.3) is 0 Å². The molecule has 0 aliphatic rings. The van der Waals surface area contributed by atoms with Crippen LogP contribution >= 0.6 is 34.7 Å². The van der Waals surface area contributed by atoms with Crippen LogP contribution in [0.4, 0.5) is 5.00 Å². The Kier molecular flexibility index (Phi) is 10.6. The molecule has 1 unspecified atom stereocenters. The molecule has 2 heterocycles. The number of ether oxygens (including phenoxy) is 3. The molecule has 1 N–H and O–H groups in total. The van der Waals surface area contributed by atoms with E-state index in [1.165, 1.54) is 11.8 Å². The van der Waals surface area contributed by atoms with E-state index in [1.54, 1.807) is 32.9 Å². The molecule has 0 bridgehead atoms. The number of esters is 2. The molecule has 1 atom stereocenters. The summed E-state index contributed by atoms with van der Waals surface area (Å²) in [6.45, 7) is 9.68. The summed E-state index contributed by atoms with van der Waals surface area (Å²) >= 11 is 8.38. The minimum atomic E-state index is -0.623. The maximum Gasteiger partial charge on any atom is 0.348 e. The summed E-state index contributed by atoms with van der Waals surface area (Å²) in [6, 6.07) is 7.16. The summed E-state index contributed by atoms with van der Waals surface area (Å²) in [5.41, 5.74) is 0.542. The van der Waals surface area contributed by atoms with Crippen molar-refractivity contribution in [3.8, 4) is 5.75 Å². The van der Waals surface area contributed by atoms with Crippen molar-refractivity contribution in [3.05, 3.63) is 51.1 Å². The highest BCUT2D eigenvalue weighted by Crippen LogP contribution is 2.35. The number of anilines is 1. The summed E-state index contributed by atoms with van der Waals surface area (Å²) in [7, 11) is 0. The number of thioether (sulfide) groups is 1. The molecule has 38 heavy (non-hydrogen) atoms. The third-order valence-corrected chi connectivity index (χ3v) is 7.70. The first-order chi connectivity index (χ1) is 18.2. The number of carbonyl (C=O) groups excluding carboxylic acids is 3. The second-order valence-electron chi connectivity index (χ2n) is 7.81. The molecule has 13 heteroatoms. The molecule has 3 aromatic rings. The molecule has 0 aliphatic carbocycles. The van der Waals surface area contributed by atoms with Gasteiger partial charge in [0.2, 0.25) is 5.91 Å². The van der Waals surface area contributed by atoms with Gasteiger partial charge in [-0.2, -0.15) is 0 Å². The topological polar surface area (TPSA) is 122 Å². The van der Waals surface area contributed by atoms with E-state index < -0.39 is 18.0 Å². The van der Waals surface area contributed by atoms with Gasteiger partial charge in [-0.3, -0.25) is 4.79 Å². The molecular weight excluding hydrogens is 552 g/mol. The Balaban J connectivity index is 1.73. The Labute approximate surface area is 234 Å². The first-order valence-electron chi connectivity index (χ1n) is 12.0. The van der Waals surface area contributed by atoms with Crippen LogP contribution in [0.1, 0.15) is 65.2 Å². The second-order valence-corrected chi connectivity index (χ2v) is 10.2. The largest absolute Gasteiger partial charge is 0.481 e. The lowest BCUT2D eigenvalue weighted by Gasteiger charge is -2.16. The number of carbonyl (C=O) groups is 3. The van der Waals surface area contributed by atoms with Crippen LogP contribution < -0.4 is 10.1 Å². The van der Waals surface area contributed by atoms with E-state index in [-0.39, 0.29) is 40.3 Å². The van der Waals surface area contributed by atoms with Crippen molar-refractivity contribution < 1.29 is 28.6 Å². The van der Waals surface area contributed by atoms with Crippen LogP contribution in [-0.2, 0) is 20.8 Å². The summed E-state index contributed by atoms with van der Waals surface area (Å²) in [5, 5.41) is 12.5. The molecule has 0 aliphatic heterocycles. The lowest BCUT2D eigenvalue weighted by molar-refractivity contribution is -0.113. The Morgan fingerprint density at radius 1 is 1.11 bits per heavy atom. The molecule has 0 saturated heterocycles. The number of halogens is 1. The van der Waals surface area contributed by atoms with Crippen molar-refractivity contribution >= 4 is 57.5 Å². The molecule has 204 valence electrons. The monoisotopic (exact) mass is 580 g/mol. The predicted octanol–water partition coefficient (Wildman–Crippen LogP) is 5.55. The Hall–Kier alpha value is -3.09. The average molecular weight is 581 g/mol. The van der Waals surface area contributed by atoms with Gasteiger partial charge in [-0.15, -0.1) is 21.5 Å². The normalized spacial score (nSPS) is 11.6. The molecule has 0 saturated carbocycles. The highest BCUT2D eigenvalue weighted by molar-refractivity contribution is 7.99. The fraction of sp³-hybridized carbons (Fsp3) is 0.400. The lowest BCUT2D eigenvalue weighted by atomic mass is 10.1. The fourth-order valence-corrected chi connectivity index (χ4v) is 5.62. The van der Waals surface area contributed by atoms with E-state index in [0.717, 1.165) is 11.3 Å². The van der Waals surface area contributed by atoms with Gasteiger partial charge in [0, 0.05) is 6.54 Å². The van der Waals surface area contributed by atoms with E-state index >= 15 is 0 Å². The van der Waals surface area contributed by atoms with Gasteiger partial charge in [-0.25, -0.2) is 9.59 Å². The summed E-state index contributed by atoms with van der Waals surface area (Å²) in [4.78, 5) is 38.0. The van der Waals surface area contributed by atoms with Crippen LogP contribution in [0, 0.1) is 6.92 Å². The summed E-state index contributed by atoms with van der Waals surface area (Å²) in [6.07, 6.45) is -0.437. The second kappa shape index (κ2) is 13.6. The molecule has 0 fully saturated rings. The predicted molar refractivity (Wildman–Crippen MR) is 147 cm³/mol. The number of hydrogen-bond donors (Lipinski definition) is 1. The van der Waals surface area contributed by atoms with E-state index in [2.05, 4.69) is 15.5 Å². The van der Waals surface area contributed by atoms with Gasteiger partial charge < -0.3 is 24.1 Å². The number of nitrogens with one attached hydrogen (secondary N) is 1. The van der Waals surface area contributed by atoms with Crippen molar-refractivity contribution in [3.63, 3.8) is 0 Å². The van der Waals surface area contributed by atoms with Gasteiger partial charge in [-0.05, 0) is 52.3 Å². The number of benzene rings is 1. The van der Waals surface area contributed by atoms with Crippen LogP contribution in [0.2, 0.25) is 5.02 Å². The number of rotatable bonds is 12. The smallest absolute Gasteiger partial charge is 0.348 e. The van der Waals surface area contributed by atoms with Crippen molar-refractivity contribution in [1.29, 1.82) is 0 Å². The van der Waals surface area contributed by atoms with Crippen molar-refractivity contribution in [2.75, 3.05) is 24.3 Å². The molecule has 0 spiro atoms. The number of para-hydroxylation sites is 1. The van der Waals surface area contributed by atoms with Gasteiger partial charge in [0.25, 0.3) is 0 Å². The number of nitrogens with zero attached hydrogens (tertiary/aromatic N) is 3. The van der Waals surface area contributed by atoms with Gasteiger partial charge in [0.05, 0.1) is 29.6 Å². The van der Waals surface area contributed by atoms with E-state index in [9.17, 15) is 14.4 Å². The van der Waals surface area contributed by atoms with Crippen LogP contribution in [-0.4, -0.2) is 51.6 Å². The van der Waals surface area contributed by atoms with Crippen LogP contribution in [0.5, 0.6) is 5.75 Å². The molecule has 0 radical (unpaired) electrons. The zero-order valence-electron chi connectivity index (χ0n) is 21.7. The maximum absolute atomic E-state index is 12.9. The fourth-order valence-electron chi connectivity index (χ4n) is 3.52. The average Bonchev–Trinajstić information content (AvgIpc) is 3.44. The van der Waals surface area contributed by atoms with Crippen molar-refractivity contribution in [2.45, 2.75) is 52.4 Å². The van der Waals surface area contributed by atoms with E-state index in [1.807, 2.05) is 30.5 Å². The highest BCUT2D eigenvalue weighted by Gasteiger charge is 2.27. The molecule has 10 nitrogen and oxygen atoms in total. The third-order valence-electron chi connectivity index (χ3n) is 5.24. The highest BCUT2D eigenvalue weighted by atomic mass is 35.5. The minimum Gasteiger partial charge on any atom is -0.481 e. The maximum atomic E-state index is 12.9. The number of aromatic nitrogens is 3. The Morgan fingerprint density at radius 3 is 2.45 bits per heavy atom. The number of amides is 1. The van der Waals surface area contributed by atoms with Gasteiger partial charge >= 0.3 is 11.9 Å². The van der Waals surface area contributed by atoms with E-state index in [4.69, 9.17) is 25.8 Å². The quantitative estimate of drug-likeness (QED) is 0.217.